The topological polar surface area (TPSA) is 70.6 Å². The zero-order chi connectivity index (χ0) is 16.9. The molecule has 0 atom stereocenters. The molecule has 0 heterocycles. The lowest BCUT2D eigenvalue weighted by Gasteiger charge is -2.09. The predicted molar refractivity (Wildman–Crippen MR) is 78.7 cm³/mol. The Balaban J connectivity index is 1.87. The fourth-order valence-electron chi connectivity index (χ4n) is 2.20. The molecule has 1 saturated carbocycles. The fraction of sp³-hybridized carbons (Fsp3) is 0.400. The molecule has 0 unspecified atom stereocenters. The van der Waals surface area contributed by atoms with E-state index in [0.717, 1.165) is 43.5 Å². The van der Waals surface area contributed by atoms with Gasteiger partial charge in [-0.25, -0.2) is 5.43 Å². The maximum Gasteiger partial charge on any atom is 0.416 e. The number of hydrazone groups is 1. The van der Waals surface area contributed by atoms with E-state index in [-0.39, 0.29) is 5.69 Å². The lowest BCUT2D eigenvalue weighted by Crippen LogP contribution is -2.25. The van der Waals surface area contributed by atoms with Crippen molar-refractivity contribution in [3.63, 3.8) is 0 Å². The van der Waals surface area contributed by atoms with Crippen molar-refractivity contribution in [3.05, 3.63) is 29.8 Å². The van der Waals surface area contributed by atoms with E-state index in [1.807, 2.05) is 0 Å². The Morgan fingerprint density at radius 1 is 1.13 bits per heavy atom. The van der Waals surface area contributed by atoms with E-state index in [4.69, 9.17) is 0 Å². The van der Waals surface area contributed by atoms with Crippen LogP contribution in [-0.2, 0) is 15.8 Å². The molecule has 0 bridgehead atoms. The summed E-state index contributed by atoms with van der Waals surface area (Å²) in [4.78, 5) is 23.2. The summed E-state index contributed by atoms with van der Waals surface area (Å²) in [5.74, 6) is -1.30. The zero-order valence-corrected chi connectivity index (χ0v) is 12.2. The van der Waals surface area contributed by atoms with Gasteiger partial charge in [-0.2, -0.15) is 18.3 Å². The Morgan fingerprint density at radius 2 is 1.83 bits per heavy atom. The summed E-state index contributed by atoms with van der Waals surface area (Å²) in [6.07, 6.45) is -1.27. The number of nitrogens with zero attached hydrogens (tertiary/aromatic N) is 1. The number of amides is 2. The van der Waals surface area contributed by atoms with E-state index in [1.54, 1.807) is 0 Å². The number of nitrogens with one attached hydrogen (secondary N) is 2. The Labute approximate surface area is 130 Å². The van der Waals surface area contributed by atoms with Crippen LogP contribution in [0.25, 0.3) is 0 Å². The van der Waals surface area contributed by atoms with Gasteiger partial charge in [-0.1, -0.05) is 6.07 Å². The number of carbonyl (C=O) groups is 2. The van der Waals surface area contributed by atoms with Crippen LogP contribution in [0.2, 0.25) is 0 Å². The molecule has 2 rings (SSSR count). The van der Waals surface area contributed by atoms with Crippen molar-refractivity contribution in [2.45, 2.75) is 38.3 Å². The summed E-state index contributed by atoms with van der Waals surface area (Å²) in [6, 6.07) is 4.23. The summed E-state index contributed by atoms with van der Waals surface area (Å²) in [7, 11) is 0. The number of benzene rings is 1. The first-order valence-corrected chi connectivity index (χ1v) is 7.16. The van der Waals surface area contributed by atoms with E-state index in [2.05, 4.69) is 15.8 Å². The summed E-state index contributed by atoms with van der Waals surface area (Å²) in [5, 5.41) is 6.18. The number of rotatable bonds is 4. The Morgan fingerprint density at radius 3 is 2.48 bits per heavy atom. The van der Waals surface area contributed by atoms with Crippen molar-refractivity contribution in [1.29, 1.82) is 0 Å². The Bertz CT molecular complexity index is 619. The van der Waals surface area contributed by atoms with Gasteiger partial charge >= 0.3 is 6.18 Å². The van der Waals surface area contributed by atoms with Gasteiger partial charge in [-0.3, -0.25) is 9.59 Å². The molecule has 0 radical (unpaired) electrons. The van der Waals surface area contributed by atoms with E-state index in [9.17, 15) is 22.8 Å². The lowest BCUT2D eigenvalue weighted by molar-refractivity contribution is -0.137. The third-order valence-electron chi connectivity index (χ3n) is 3.31. The SMILES string of the molecule is O=C(CC(=O)Nc1cccc(C(F)(F)F)c1)NN=C1CCCC1. The van der Waals surface area contributed by atoms with Crippen LogP contribution in [0.15, 0.2) is 29.4 Å². The number of hydrogen-bond donors (Lipinski definition) is 2. The highest BCUT2D eigenvalue weighted by Crippen LogP contribution is 2.30. The zero-order valence-electron chi connectivity index (χ0n) is 12.2. The van der Waals surface area contributed by atoms with Crippen LogP contribution in [-0.4, -0.2) is 17.5 Å². The molecule has 2 N–H and O–H groups in total. The highest BCUT2D eigenvalue weighted by molar-refractivity contribution is 6.03. The van der Waals surface area contributed by atoms with Crippen LogP contribution >= 0.6 is 0 Å². The fourth-order valence-corrected chi connectivity index (χ4v) is 2.20. The third kappa shape index (κ3) is 5.39. The molecule has 1 aliphatic carbocycles. The molecule has 0 aromatic heterocycles. The standard InChI is InChI=1S/C15H16F3N3O2/c16-15(17,18)10-4-3-7-12(8-10)19-13(22)9-14(23)21-20-11-5-1-2-6-11/h3-4,7-8H,1-2,5-6,9H2,(H,19,22)(H,21,23). The minimum Gasteiger partial charge on any atom is -0.326 e. The molecule has 0 spiro atoms. The van der Waals surface area contributed by atoms with Gasteiger partial charge in [-0.15, -0.1) is 0 Å². The van der Waals surface area contributed by atoms with Gasteiger partial charge in [0.1, 0.15) is 6.42 Å². The molecule has 2 amide bonds. The number of hydrogen-bond acceptors (Lipinski definition) is 3. The first-order chi connectivity index (χ1) is 10.8. The van der Waals surface area contributed by atoms with Crippen molar-refractivity contribution < 1.29 is 22.8 Å². The predicted octanol–water partition coefficient (Wildman–Crippen LogP) is 3.08. The van der Waals surface area contributed by atoms with E-state index in [0.29, 0.717) is 0 Å². The number of halogens is 3. The van der Waals surface area contributed by atoms with Crippen LogP contribution < -0.4 is 10.7 Å². The quantitative estimate of drug-likeness (QED) is 0.659. The highest BCUT2D eigenvalue weighted by Gasteiger charge is 2.30. The molecule has 1 fully saturated rings. The van der Waals surface area contributed by atoms with Crippen molar-refractivity contribution in [1.82, 2.24) is 5.43 Å². The van der Waals surface area contributed by atoms with Gasteiger partial charge in [0.15, 0.2) is 0 Å². The van der Waals surface area contributed by atoms with Gasteiger partial charge in [-0.05, 0) is 43.9 Å². The summed E-state index contributed by atoms with van der Waals surface area (Å²) in [5.41, 5.74) is 2.29. The average Bonchev–Trinajstić information content (AvgIpc) is 2.97. The van der Waals surface area contributed by atoms with Gasteiger partial charge in [0.25, 0.3) is 0 Å². The molecule has 1 aromatic rings. The molecule has 0 aliphatic heterocycles. The number of anilines is 1. The molecule has 5 nitrogen and oxygen atoms in total. The second kappa shape index (κ2) is 7.26. The van der Waals surface area contributed by atoms with Crippen molar-refractivity contribution in [2.75, 3.05) is 5.32 Å². The average molecular weight is 327 g/mol. The van der Waals surface area contributed by atoms with Crippen LogP contribution in [0.3, 0.4) is 0 Å². The van der Waals surface area contributed by atoms with Gasteiger partial charge in [0.2, 0.25) is 11.8 Å². The molecular weight excluding hydrogens is 311 g/mol. The Hall–Kier alpha value is -2.38. The second-order valence-electron chi connectivity index (χ2n) is 5.22. The van der Waals surface area contributed by atoms with Crippen molar-refractivity contribution >= 4 is 23.2 Å². The first kappa shape index (κ1) is 17.0. The van der Waals surface area contributed by atoms with Crippen LogP contribution in [0.1, 0.15) is 37.7 Å². The Kier molecular flexibility index (Phi) is 5.36. The molecule has 1 aromatic carbocycles. The van der Waals surface area contributed by atoms with Crippen molar-refractivity contribution in [2.24, 2.45) is 5.10 Å². The third-order valence-corrected chi connectivity index (χ3v) is 3.31. The van der Waals surface area contributed by atoms with Crippen molar-refractivity contribution in [3.8, 4) is 0 Å². The minimum atomic E-state index is -4.49. The first-order valence-electron chi connectivity index (χ1n) is 7.16. The monoisotopic (exact) mass is 327 g/mol. The lowest BCUT2D eigenvalue weighted by atomic mass is 10.2. The normalized spacial score (nSPS) is 14.5. The summed E-state index contributed by atoms with van der Waals surface area (Å²) >= 11 is 0. The number of alkyl halides is 3. The van der Waals surface area contributed by atoms with Gasteiger partial charge in [0.05, 0.1) is 5.56 Å². The summed E-state index contributed by atoms with van der Waals surface area (Å²) < 4.78 is 37.7. The largest absolute Gasteiger partial charge is 0.416 e. The highest BCUT2D eigenvalue weighted by atomic mass is 19.4. The molecule has 8 heteroatoms. The molecular formula is C15H16F3N3O2. The maximum absolute atomic E-state index is 12.6. The molecule has 124 valence electrons. The minimum absolute atomic E-state index is 0.0141. The summed E-state index contributed by atoms with van der Waals surface area (Å²) in [6.45, 7) is 0. The van der Waals surface area contributed by atoms with Crippen LogP contribution in [0.5, 0.6) is 0 Å². The second-order valence-corrected chi connectivity index (χ2v) is 5.22. The smallest absolute Gasteiger partial charge is 0.326 e. The molecule has 0 saturated heterocycles. The maximum atomic E-state index is 12.6. The molecule has 1 aliphatic rings. The van der Waals surface area contributed by atoms with Gasteiger partial charge in [0, 0.05) is 11.4 Å². The van der Waals surface area contributed by atoms with E-state index in [1.165, 1.54) is 12.1 Å². The van der Waals surface area contributed by atoms with E-state index < -0.39 is 30.0 Å². The molecule has 23 heavy (non-hydrogen) atoms. The van der Waals surface area contributed by atoms with Crippen LogP contribution in [0, 0.1) is 0 Å². The van der Waals surface area contributed by atoms with E-state index >= 15 is 0 Å². The van der Waals surface area contributed by atoms with Crippen LogP contribution in [0.4, 0.5) is 18.9 Å². The number of carbonyl (C=O) groups excluding carboxylic acids is 2. The van der Waals surface area contributed by atoms with Gasteiger partial charge < -0.3 is 5.32 Å².